The largest absolute Gasteiger partial charge is 0.314 e. The minimum Gasteiger partial charge on any atom is -0.314 e. The molecule has 0 aliphatic carbocycles. The van der Waals surface area contributed by atoms with Crippen LogP contribution in [0.2, 0.25) is 0 Å². The van der Waals surface area contributed by atoms with E-state index in [0.29, 0.717) is 5.82 Å². The first-order chi connectivity index (χ1) is 16.7. The fourth-order valence-electron chi connectivity index (χ4n) is 3.95. The topological polar surface area (TPSA) is 78.6 Å². The first-order valence-electron chi connectivity index (χ1n) is 11.0. The maximum atomic E-state index is 9.35. The number of pyridine rings is 2. The van der Waals surface area contributed by atoms with E-state index < -0.39 is 0 Å². The lowest BCUT2D eigenvalue weighted by atomic mass is 10.00. The summed E-state index contributed by atoms with van der Waals surface area (Å²) in [6, 6.07) is 26.3. The van der Waals surface area contributed by atoms with Crippen LogP contribution in [0.25, 0.3) is 33.4 Å². The molecule has 0 aliphatic rings. The number of aromatic nitrogens is 4. The van der Waals surface area contributed by atoms with Crippen molar-refractivity contribution in [2.24, 2.45) is 0 Å². The van der Waals surface area contributed by atoms with Crippen molar-refractivity contribution >= 4 is 22.5 Å². The lowest BCUT2D eigenvalue weighted by molar-refractivity contribution is 0.966. The minimum absolute atomic E-state index is 0.270. The molecule has 0 fully saturated rings. The van der Waals surface area contributed by atoms with Crippen molar-refractivity contribution in [2.75, 3.05) is 11.9 Å². The Hall–Kier alpha value is -4.63. The molecule has 0 spiro atoms. The predicted molar refractivity (Wildman–Crippen MR) is 135 cm³/mol. The first kappa shape index (κ1) is 21.2. The Labute approximate surface area is 198 Å². The van der Waals surface area contributed by atoms with Crippen LogP contribution in [0.5, 0.6) is 0 Å². The van der Waals surface area contributed by atoms with Gasteiger partial charge in [-0.3, -0.25) is 4.98 Å². The normalized spacial score (nSPS) is 11.7. The number of fused-ring (bicyclic) bond motifs is 1. The maximum Gasteiger partial charge on any atom is 0.163 e. The van der Waals surface area contributed by atoms with E-state index in [4.69, 9.17) is 9.97 Å². The van der Waals surface area contributed by atoms with Crippen molar-refractivity contribution in [3.8, 4) is 28.6 Å². The van der Waals surface area contributed by atoms with Crippen LogP contribution in [0.1, 0.15) is 18.4 Å². The third-order valence-electron chi connectivity index (χ3n) is 5.81. The van der Waals surface area contributed by atoms with E-state index in [2.05, 4.69) is 34.2 Å². The number of rotatable bonds is 5. The third kappa shape index (κ3) is 3.96. The molecule has 3 aromatic heterocycles. The smallest absolute Gasteiger partial charge is 0.163 e. The van der Waals surface area contributed by atoms with Crippen molar-refractivity contribution in [1.82, 2.24) is 19.9 Å². The number of nitriles is 1. The molecule has 0 N–H and O–H groups in total. The van der Waals surface area contributed by atoms with Gasteiger partial charge in [-0.15, -0.1) is 0 Å². The van der Waals surface area contributed by atoms with Gasteiger partial charge in [0.05, 0.1) is 22.9 Å². The fraction of sp³-hybridized carbons (Fsp3) is 0.107. The summed E-state index contributed by atoms with van der Waals surface area (Å²) in [5.41, 5.74) is 4.56. The van der Waals surface area contributed by atoms with E-state index in [1.807, 2.05) is 73.5 Å². The van der Waals surface area contributed by atoms with Crippen molar-refractivity contribution in [3.63, 3.8) is 0 Å². The standard InChI is InChI=1S/C28H22N6/c1-19(16-29)21-15-22(18-30-17-21)27-32-24-12-8-11-23(20-9-4-3-5-10-20)26(24)28(33-27)34(2)25-13-6-7-14-31-25/h3-15,17-19H,1-2H3. The number of hydrogen-bond donors (Lipinski definition) is 0. The highest BCUT2D eigenvalue weighted by Crippen LogP contribution is 2.37. The average Bonchev–Trinajstić information content (AvgIpc) is 2.92. The van der Waals surface area contributed by atoms with E-state index in [9.17, 15) is 5.26 Å². The van der Waals surface area contributed by atoms with Gasteiger partial charge in [0.1, 0.15) is 11.6 Å². The summed E-state index contributed by atoms with van der Waals surface area (Å²) in [5.74, 6) is 1.81. The lowest BCUT2D eigenvalue weighted by Crippen LogP contribution is -2.14. The Bertz CT molecular complexity index is 1490. The highest BCUT2D eigenvalue weighted by molar-refractivity contribution is 6.03. The molecule has 0 saturated heterocycles. The summed E-state index contributed by atoms with van der Waals surface area (Å²) in [4.78, 5) is 20.8. The molecule has 164 valence electrons. The molecule has 0 amide bonds. The monoisotopic (exact) mass is 442 g/mol. The molecule has 1 unspecified atom stereocenters. The Morgan fingerprint density at radius 2 is 1.71 bits per heavy atom. The summed E-state index contributed by atoms with van der Waals surface area (Å²) in [6.45, 7) is 1.86. The molecule has 0 radical (unpaired) electrons. The van der Waals surface area contributed by atoms with Gasteiger partial charge in [-0.05, 0) is 47.9 Å². The van der Waals surface area contributed by atoms with E-state index in [1.165, 1.54) is 0 Å². The Morgan fingerprint density at radius 1 is 0.882 bits per heavy atom. The number of hydrogen-bond acceptors (Lipinski definition) is 6. The zero-order valence-corrected chi connectivity index (χ0v) is 18.9. The molecular formula is C28H22N6. The maximum absolute atomic E-state index is 9.35. The van der Waals surface area contributed by atoms with Gasteiger partial charge in [-0.1, -0.05) is 48.5 Å². The predicted octanol–water partition coefficient (Wildman–Crippen LogP) is 6.15. The molecule has 1 atom stereocenters. The Balaban J connectivity index is 1.77. The molecule has 6 heteroatoms. The second kappa shape index (κ2) is 9.08. The van der Waals surface area contributed by atoms with E-state index in [0.717, 1.165) is 44.8 Å². The molecule has 3 heterocycles. The van der Waals surface area contributed by atoms with Crippen LogP contribution >= 0.6 is 0 Å². The van der Waals surface area contributed by atoms with Crippen molar-refractivity contribution in [2.45, 2.75) is 12.8 Å². The van der Waals surface area contributed by atoms with Gasteiger partial charge in [0.2, 0.25) is 0 Å². The summed E-state index contributed by atoms with van der Waals surface area (Å²) in [7, 11) is 1.96. The van der Waals surface area contributed by atoms with E-state index in [-0.39, 0.29) is 5.92 Å². The quantitative estimate of drug-likeness (QED) is 0.325. The van der Waals surface area contributed by atoms with Gasteiger partial charge in [0, 0.05) is 31.2 Å². The summed E-state index contributed by atoms with van der Waals surface area (Å²) < 4.78 is 0. The molecular weight excluding hydrogens is 420 g/mol. The number of anilines is 2. The van der Waals surface area contributed by atoms with Crippen LogP contribution in [-0.2, 0) is 0 Å². The van der Waals surface area contributed by atoms with Gasteiger partial charge >= 0.3 is 0 Å². The lowest BCUT2D eigenvalue weighted by Gasteiger charge is -2.21. The van der Waals surface area contributed by atoms with E-state index in [1.54, 1.807) is 18.6 Å². The second-order valence-electron chi connectivity index (χ2n) is 8.04. The molecule has 2 aromatic carbocycles. The molecule has 0 bridgehead atoms. The molecule has 5 rings (SSSR count). The SMILES string of the molecule is CC(C#N)c1cncc(-c2nc(N(C)c3ccccn3)c3c(-c4ccccc4)cccc3n2)c1. The van der Waals surface area contributed by atoms with Crippen LogP contribution in [-0.4, -0.2) is 27.0 Å². The highest BCUT2D eigenvalue weighted by atomic mass is 15.2. The van der Waals surface area contributed by atoms with Crippen LogP contribution in [0.3, 0.4) is 0 Å². The number of nitrogens with zero attached hydrogens (tertiary/aromatic N) is 6. The second-order valence-corrected chi connectivity index (χ2v) is 8.04. The minimum atomic E-state index is -0.270. The number of benzene rings is 2. The molecule has 6 nitrogen and oxygen atoms in total. The fourth-order valence-corrected chi connectivity index (χ4v) is 3.95. The molecule has 0 saturated carbocycles. The van der Waals surface area contributed by atoms with Crippen LogP contribution in [0.15, 0.2) is 91.4 Å². The highest BCUT2D eigenvalue weighted by Gasteiger charge is 2.19. The Morgan fingerprint density at radius 3 is 2.47 bits per heavy atom. The third-order valence-corrected chi connectivity index (χ3v) is 5.81. The van der Waals surface area contributed by atoms with Crippen LogP contribution in [0, 0.1) is 11.3 Å². The molecule has 0 aliphatic heterocycles. The summed E-state index contributed by atoms with van der Waals surface area (Å²) in [6.07, 6.45) is 5.22. The van der Waals surface area contributed by atoms with Gasteiger partial charge in [0.25, 0.3) is 0 Å². The zero-order chi connectivity index (χ0) is 23.5. The Kier molecular flexibility index (Phi) is 5.67. The van der Waals surface area contributed by atoms with Gasteiger partial charge < -0.3 is 4.90 Å². The van der Waals surface area contributed by atoms with Crippen molar-refractivity contribution in [3.05, 3.63) is 97.0 Å². The van der Waals surface area contributed by atoms with Crippen LogP contribution < -0.4 is 4.90 Å². The molecule has 34 heavy (non-hydrogen) atoms. The van der Waals surface area contributed by atoms with Gasteiger partial charge in [-0.2, -0.15) is 5.26 Å². The van der Waals surface area contributed by atoms with Crippen molar-refractivity contribution < 1.29 is 0 Å². The van der Waals surface area contributed by atoms with Gasteiger partial charge in [-0.25, -0.2) is 15.0 Å². The zero-order valence-electron chi connectivity index (χ0n) is 18.9. The van der Waals surface area contributed by atoms with Crippen molar-refractivity contribution in [1.29, 1.82) is 5.26 Å². The summed E-state index contributed by atoms with van der Waals surface area (Å²) in [5, 5.41) is 10.3. The molecule has 5 aromatic rings. The van der Waals surface area contributed by atoms with E-state index >= 15 is 0 Å². The first-order valence-corrected chi connectivity index (χ1v) is 11.0. The average molecular weight is 443 g/mol. The van der Waals surface area contributed by atoms with Crippen LogP contribution in [0.4, 0.5) is 11.6 Å². The summed E-state index contributed by atoms with van der Waals surface area (Å²) >= 11 is 0. The van der Waals surface area contributed by atoms with Gasteiger partial charge in [0.15, 0.2) is 5.82 Å².